The lowest BCUT2D eigenvalue weighted by atomic mass is 10.2. The van der Waals surface area contributed by atoms with E-state index in [1.807, 2.05) is 42.1 Å². The summed E-state index contributed by atoms with van der Waals surface area (Å²) in [5.41, 5.74) is 0.647. The molecule has 1 amide bonds. The van der Waals surface area contributed by atoms with Gasteiger partial charge < -0.3 is 9.88 Å². The number of carbonyl (C=O) groups excluding carboxylic acids is 1. The van der Waals surface area contributed by atoms with Crippen molar-refractivity contribution in [2.75, 3.05) is 5.32 Å². The van der Waals surface area contributed by atoms with Crippen LogP contribution in [0.25, 0.3) is 10.9 Å². The van der Waals surface area contributed by atoms with Crippen LogP contribution in [-0.2, 0) is 18.3 Å². The number of aromatic nitrogens is 4. The zero-order chi connectivity index (χ0) is 16.4. The van der Waals surface area contributed by atoms with Gasteiger partial charge in [-0.1, -0.05) is 0 Å². The molecule has 23 heavy (non-hydrogen) atoms. The fourth-order valence-corrected chi connectivity index (χ4v) is 2.36. The number of aromatic amines is 2. The van der Waals surface area contributed by atoms with Crippen LogP contribution >= 0.6 is 0 Å². The quantitative estimate of drug-likeness (QED) is 0.651. The first-order valence-electron chi connectivity index (χ1n) is 7.06. The van der Waals surface area contributed by atoms with Gasteiger partial charge >= 0.3 is 5.69 Å². The van der Waals surface area contributed by atoms with E-state index in [0.717, 1.165) is 10.9 Å². The van der Waals surface area contributed by atoms with Crippen molar-refractivity contribution in [3.05, 3.63) is 57.0 Å². The highest BCUT2D eigenvalue weighted by molar-refractivity contribution is 5.93. The fraction of sp³-hybridized carbons (Fsp3) is 0.200. The second-order valence-electron chi connectivity index (χ2n) is 5.20. The number of carbonyl (C=O) groups is 1. The monoisotopic (exact) mass is 313 g/mol. The third kappa shape index (κ3) is 3.20. The lowest BCUT2D eigenvalue weighted by Crippen LogP contribution is -2.28. The SMILES string of the molecule is Cn1ccc2cc(NC(=O)CCc3n[nH]c(=O)[nH]c3=O)ccc21. The van der Waals surface area contributed by atoms with Gasteiger partial charge in [0.05, 0.1) is 0 Å². The summed E-state index contributed by atoms with van der Waals surface area (Å²) >= 11 is 0. The van der Waals surface area contributed by atoms with Crippen molar-refractivity contribution in [1.29, 1.82) is 0 Å². The van der Waals surface area contributed by atoms with Crippen molar-refractivity contribution in [3.8, 4) is 0 Å². The number of H-pyrrole nitrogens is 2. The molecule has 3 aromatic rings. The Bertz CT molecular complexity index is 982. The number of aryl methyl sites for hydroxylation is 2. The van der Waals surface area contributed by atoms with Crippen molar-refractivity contribution in [2.45, 2.75) is 12.8 Å². The predicted molar refractivity (Wildman–Crippen MR) is 85.3 cm³/mol. The highest BCUT2D eigenvalue weighted by atomic mass is 16.2. The second kappa shape index (κ2) is 5.91. The van der Waals surface area contributed by atoms with Gasteiger partial charge in [0.1, 0.15) is 5.69 Å². The molecule has 0 unspecified atom stereocenters. The summed E-state index contributed by atoms with van der Waals surface area (Å²) in [6.07, 6.45) is 2.19. The maximum atomic E-state index is 12.0. The van der Waals surface area contributed by atoms with Crippen LogP contribution < -0.4 is 16.6 Å². The van der Waals surface area contributed by atoms with Crippen LogP contribution in [0.4, 0.5) is 5.69 Å². The molecule has 8 nitrogen and oxygen atoms in total. The number of nitrogens with one attached hydrogen (secondary N) is 3. The molecule has 8 heteroatoms. The molecule has 2 aromatic heterocycles. The molecule has 1 aromatic carbocycles. The van der Waals surface area contributed by atoms with Gasteiger partial charge in [-0.25, -0.2) is 9.89 Å². The van der Waals surface area contributed by atoms with Crippen molar-refractivity contribution in [3.63, 3.8) is 0 Å². The number of hydrogen-bond donors (Lipinski definition) is 3. The summed E-state index contributed by atoms with van der Waals surface area (Å²) in [5.74, 6) is -0.229. The smallest absolute Gasteiger partial charge is 0.342 e. The van der Waals surface area contributed by atoms with Crippen molar-refractivity contribution >= 4 is 22.5 Å². The van der Waals surface area contributed by atoms with Crippen LogP contribution in [0.5, 0.6) is 0 Å². The lowest BCUT2D eigenvalue weighted by molar-refractivity contribution is -0.116. The van der Waals surface area contributed by atoms with Gasteiger partial charge in [-0.3, -0.25) is 14.6 Å². The zero-order valence-corrected chi connectivity index (χ0v) is 12.4. The third-order valence-corrected chi connectivity index (χ3v) is 3.54. The fourth-order valence-electron chi connectivity index (χ4n) is 2.36. The minimum absolute atomic E-state index is 0.0922. The van der Waals surface area contributed by atoms with Gasteiger partial charge in [0.15, 0.2) is 0 Å². The summed E-state index contributed by atoms with van der Waals surface area (Å²) in [4.78, 5) is 36.4. The normalized spacial score (nSPS) is 10.8. The first-order valence-corrected chi connectivity index (χ1v) is 7.06. The van der Waals surface area contributed by atoms with Crippen LogP contribution in [0, 0.1) is 0 Å². The Labute approximate surface area is 130 Å². The van der Waals surface area contributed by atoms with Gasteiger partial charge in [0.2, 0.25) is 5.91 Å². The molecule has 3 rings (SSSR count). The first-order chi connectivity index (χ1) is 11.0. The number of nitrogens with zero attached hydrogens (tertiary/aromatic N) is 2. The van der Waals surface area contributed by atoms with E-state index in [2.05, 4.69) is 20.5 Å². The highest BCUT2D eigenvalue weighted by Crippen LogP contribution is 2.19. The minimum Gasteiger partial charge on any atom is -0.351 e. The Morgan fingerprint density at radius 3 is 2.91 bits per heavy atom. The molecular weight excluding hydrogens is 298 g/mol. The van der Waals surface area contributed by atoms with E-state index in [1.54, 1.807) is 0 Å². The molecule has 0 saturated heterocycles. The summed E-state index contributed by atoms with van der Waals surface area (Å²) in [6.45, 7) is 0. The van der Waals surface area contributed by atoms with E-state index in [0.29, 0.717) is 5.69 Å². The Kier molecular flexibility index (Phi) is 3.80. The number of amides is 1. The second-order valence-corrected chi connectivity index (χ2v) is 5.20. The maximum absolute atomic E-state index is 12.0. The number of benzene rings is 1. The molecule has 0 aliphatic carbocycles. The van der Waals surface area contributed by atoms with E-state index in [9.17, 15) is 14.4 Å². The molecular formula is C15H15N5O3. The summed E-state index contributed by atoms with van der Waals surface area (Å²) in [5, 5.41) is 9.59. The van der Waals surface area contributed by atoms with Crippen LogP contribution in [0.2, 0.25) is 0 Å². The van der Waals surface area contributed by atoms with E-state index < -0.39 is 11.2 Å². The number of fused-ring (bicyclic) bond motifs is 1. The molecule has 0 bridgehead atoms. The van der Waals surface area contributed by atoms with Gasteiger partial charge in [-0.05, 0) is 24.3 Å². The highest BCUT2D eigenvalue weighted by Gasteiger charge is 2.08. The van der Waals surface area contributed by atoms with Crippen LogP contribution in [-0.4, -0.2) is 25.7 Å². The molecule has 0 aliphatic rings. The van der Waals surface area contributed by atoms with E-state index >= 15 is 0 Å². The Morgan fingerprint density at radius 2 is 2.13 bits per heavy atom. The predicted octanol–water partition coefficient (Wildman–Crippen LogP) is 0.521. The molecule has 3 N–H and O–H groups in total. The molecule has 2 heterocycles. The Morgan fingerprint density at radius 1 is 1.30 bits per heavy atom. The molecule has 0 atom stereocenters. The maximum Gasteiger partial charge on any atom is 0.342 e. The summed E-state index contributed by atoms with van der Waals surface area (Å²) < 4.78 is 2.00. The molecule has 0 spiro atoms. The van der Waals surface area contributed by atoms with E-state index in [-0.39, 0.29) is 24.4 Å². The van der Waals surface area contributed by atoms with Gasteiger partial charge in [-0.2, -0.15) is 5.10 Å². The number of rotatable bonds is 4. The number of anilines is 1. The van der Waals surface area contributed by atoms with Crippen molar-refractivity contribution < 1.29 is 4.79 Å². The number of hydrogen-bond acceptors (Lipinski definition) is 4. The third-order valence-electron chi connectivity index (χ3n) is 3.54. The molecule has 0 fully saturated rings. The van der Waals surface area contributed by atoms with Crippen LogP contribution in [0.1, 0.15) is 12.1 Å². The van der Waals surface area contributed by atoms with E-state index in [1.165, 1.54) is 0 Å². The average molecular weight is 313 g/mol. The Hall–Kier alpha value is -3.16. The molecule has 0 saturated carbocycles. The zero-order valence-electron chi connectivity index (χ0n) is 12.4. The summed E-state index contributed by atoms with van der Waals surface area (Å²) in [7, 11) is 1.95. The first kappa shape index (κ1) is 14.8. The van der Waals surface area contributed by atoms with Gasteiger partial charge in [0, 0.05) is 42.7 Å². The standard InChI is InChI=1S/C15H15N5O3/c1-20-7-6-9-8-10(2-4-12(9)20)16-13(21)5-3-11-14(22)17-15(23)19-18-11/h2,4,6-8H,3,5H2,1H3,(H,16,21)(H2,17,19,22,23). The largest absolute Gasteiger partial charge is 0.351 e. The van der Waals surface area contributed by atoms with Crippen LogP contribution in [0.15, 0.2) is 40.1 Å². The van der Waals surface area contributed by atoms with Gasteiger partial charge in [-0.15, -0.1) is 0 Å². The topological polar surface area (TPSA) is 113 Å². The van der Waals surface area contributed by atoms with Crippen LogP contribution in [0.3, 0.4) is 0 Å². The Balaban J connectivity index is 1.66. The minimum atomic E-state index is -0.667. The van der Waals surface area contributed by atoms with E-state index in [4.69, 9.17) is 0 Å². The van der Waals surface area contributed by atoms with Crippen molar-refractivity contribution in [2.24, 2.45) is 7.05 Å². The summed E-state index contributed by atoms with van der Waals surface area (Å²) in [6, 6.07) is 7.61. The van der Waals surface area contributed by atoms with Crippen molar-refractivity contribution in [1.82, 2.24) is 19.7 Å². The molecule has 118 valence electrons. The van der Waals surface area contributed by atoms with Gasteiger partial charge in [0.25, 0.3) is 5.56 Å². The molecule has 0 aliphatic heterocycles. The lowest BCUT2D eigenvalue weighted by Gasteiger charge is -2.05. The average Bonchev–Trinajstić information content (AvgIpc) is 2.87. The molecule has 0 radical (unpaired) electrons.